The van der Waals surface area contributed by atoms with E-state index in [9.17, 15) is 19.8 Å². The topological polar surface area (TPSA) is 121 Å². The van der Waals surface area contributed by atoms with Gasteiger partial charge in [-0.05, 0) is 29.8 Å². The minimum atomic E-state index is -1.43. The summed E-state index contributed by atoms with van der Waals surface area (Å²) in [6, 6.07) is 8.14. The van der Waals surface area contributed by atoms with Gasteiger partial charge < -0.3 is 33.9 Å². The molecule has 0 fully saturated rings. The monoisotopic (exact) mass is 410 g/mol. The summed E-state index contributed by atoms with van der Waals surface area (Å²) < 4.78 is 27.2. The molecule has 3 aromatic carbocycles. The van der Waals surface area contributed by atoms with Gasteiger partial charge >= 0.3 is 11.9 Å². The zero-order valence-corrected chi connectivity index (χ0v) is 15.6. The first-order chi connectivity index (χ1) is 14.5. The van der Waals surface area contributed by atoms with Crippen molar-refractivity contribution in [1.29, 1.82) is 0 Å². The molecule has 2 aliphatic rings. The summed E-state index contributed by atoms with van der Waals surface area (Å²) in [7, 11) is 1.29. The Morgan fingerprint density at radius 2 is 1.53 bits per heavy atom. The number of ether oxygens (including phenoxy) is 5. The fourth-order valence-corrected chi connectivity index (χ4v) is 3.88. The molecule has 5 rings (SSSR count). The van der Waals surface area contributed by atoms with Crippen LogP contribution in [0.4, 0.5) is 0 Å². The van der Waals surface area contributed by atoms with Crippen LogP contribution in [0.15, 0.2) is 30.3 Å². The second kappa shape index (κ2) is 6.45. The van der Waals surface area contributed by atoms with Gasteiger partial charge in [-0.25, -0.2) is 9.59 Å². The summed E-state index contributed by atoms with van der Waals surface area (Å²) in [6.45, 7) is 0.00108. The van der Waals surface area contributed by atoms with E-state index in [0.29, 0.717) is 39.3 Å². The van der Waals surface area contributed by atoms with Crippen LogP contribution < -0.4 is 23.7 Å². The molecule has 0 unspecified atom stereocenters. The maximum atomic E-state index is 12.3. The molecule has 0 aliphatic carbocycles. The average molecular weight is 410 g/mol. The molecule has 152 valence electrons. The fourth-order valence-electron chi connectivity index (χ4n) is 3.88. The quantitative estimate of drug-likeness (QED) is 0.667. The largest absolute Gasteiger partial charge is 0.495 e. The van der Waals surface area contributed by atoms with Gasteiger partial charge in [0, 0.05) is 16.3 Å². The molecule has 0 atom stereocenters. The first-order valence-electron chi connectivity index (χ1n) is 8.84. The standard InChI is InChI=1S/C21H14O9/c1-26-18-10-3-5-12-19(30-8-28-12)15(10)14(16(20(22)23)17(18)21(24)25)9-2-4-11-13(6-9)29-7-27-11/h2-6H,7-8H2,1H3,(H,22,23)(H,24,25). The third-order valence-electron chi connectivity index (χ3n) is 5.05. The number of carbonyl (C=O) groups is 2. The number of hydrogen-bond donors (Lipinski definition) is 2. The normalized spacial score (nSPS) is 13.5. The SMILES string of the molecule is COc1c(C(=O)O)c(C(=O)O)c(-c2ccc3c(c2)OCO3)c2c3c(ccc12)OCO3. The number of hydrogen-bond acceptors (Lipinski definition) is 7. The Morgan fingerprint density at radius 1 is 0.867 bits per heavy atom. The first-order valence-corrected chi connectivity index (χ1v) is 8.84. The molecule has 0 amide bonds. The van der Waals surface area contributed by atoms with Crippen molar-refractivity contribution in [3.05, 3.63) is 41.5 Å². The smallest absolute Gasteiger partial charge is 0.340 e. The van der Waals surface area contributed by atoms with Gasteiger partial charge in [0.1, 0.15) is 11.3 Å². The van der Waals surface area contributed by atoms with Crippen molar-refractivity contribution in [3.63, 3.8) is 0 Å². The maximum Gasteiger partial charge on any atom is 0.340 e. The van der Waals surface area contributed by atoms with Gasteiger partial charge in [0.25, 0.3) is 0 Å². The first kappa shape index (κ1) is 17.9. The van der Waals surface area contributed by atoms with Crippen LogP contribution in [0.2, 0.25) is 0 Å². The van der Waals surface area contributed by atoms with Crippen molar-refractivity contribution in [2.24, 2.45) is 0 Å². The minimum absolute atomic E-state index is 0.0412. The van der Waals surface area contributed by atoms with E-state index in [1.54, 1.807) is 30.3 Å². The van der Waals surface area contributed by atoms with E-state index in [0.717, 1.165) is 0 Å². The Morgan fingerprint density at radius 3 is 2.27 bits per heavy atom. The Hall–Kier alpha value is -4.14. The highest BCUT2D eigenvalue weighted by molar-refractivity contribution is 6.19. The number of aromatic carboxylic acids is 2. The average Bonchev–Trinajstić information content (AvgIpc) is 3.39. The summed E-state index contributed by atoms with van der Waals surface area (Å²) in [5.74, 6) is -1.24. The van der Waals surface area contributed by atoms with Crippen LogP contribution in [0.25, 0.3) is 21.9 Å². The molecule has 0 radical (unpaired) electrons. The third kappa shape index (κ3) is 2.41. The minimum Gasteiger partial charge on any atom is -0.495 e. The van der Waals surface area contributed by atoms with E-state index in [1.165, 1.54) is 7.11 Å². The van der Waals surface area contributed by atoms with Gasteiger partial charge in [-0.15, -0.1) is 0 Å². The van der Waals surface area contributed by atoms with Gasteiger partial charge in [-0.2, -0.15) is 0 Å². The number of carboxylic acids is 2. The van der Waals surface area contributed by atoms with Crippen molar-refractivity contribution < 1.29 is 43.5 Å². The highest BCUT2D eigenvalue weighted by Crippen LogP contribution is 2.51. The Balaban J connectivity index is 1.99. The van der Waals surface area contributed by atoms with Gasteiger partial charge in [0.05, 0.1) is 12.7 Å². The van der Waals surface area contributed by atoms with E-state index >= 15 is 0 Å². The molecule has 0 saturated heterocycles. The number of carboxylic acid groups (broad SMARTS) is 2. The zero-order chi connectivity index (χ0) is 21.0. The van der Waals surface area contributed by atoms with Crippen molar-refractivity contribution in [3.8, 4) is 39.9 Å². The van der Waals surface area contributed by atoms with Crippen molar-refractivity contribution >= 4 is 22.7 Å². The summed E-state index contributed by atoms with van der Waals surface area (Å²) in [5.41, 5.74) is -0.286. The number of benzene rings is 3. The van der Waals surface area contributed by atoms with E-state index in [-0.39, 0.29) is 24.9 Å². The van der Waals surface area contributed by atoms with Crippen molar-refractivity contribution in [1.82, 2.24) is 0 Å². The molecule has 0 aromatic heterocycles. The molecule has 9 heteroatoms. The number of rotatable bonds is 4. The molecular formula is C21H14O9. The van der Waals surface area contributed by atoms with E-state index in [2.05, 4.69) is 0 Å². The summed E-state index contributed by atoms with van der Waals surface area (Å²) in [6.07, 6.45) is 0. The van der Waals surface area contributed by atoms with Gasteiger partial charge in [-0.1, -0.05) is 6.07 Å². The van der Waals surface area contributed by atoms with Crippen molar-refractivity contribution in [2.45, 2.75) is 0 Å². The Bertz CT molecular complexity index is 1250. The van der Waals surface area contributed by atoms with E-state index in [1.807, 2.05) is 0 Å². The van der Waals surface area contributed by atoms with Gasteiger partial charge in [0.15, 0.2) is 23.0 Å². The van der Waals surface area contributed by atoms with Gasteiger partial charge in [-0.3, -0.25) is 0 Å². The molecule has 2 N–H and O–H groups in total. The van der Waals surface area contributed by atoms with Crippen LogP contribution in [0.3, 0.4) is 0 Å². The predicted molar refractivity (Wildman–Crippen MR) is 102 cm³/mol. The highest BCUT2D eigenvalue weighted by atomic mass is 16.7. The molecule has 2 heterocycles. The molecule has 9 nitrogen and oxygen atoms in total. The Kier molecular flexibility index (Phi) is 3.85. The molecule has 0 spiro atoms. The van der Waals surface area contributed by atoms with Crippen molar-refractivity contribution in [2.75, 3.05) is 20.7 Å². The highest BCUT2D eigenvalue weighted by Gasteiger charge is 2.33. The van der Waals surface area contributed by atoms with Crippen LogP contribution in [0.5, 0.6) is 28.7 Å². The van der Waals surface area contributed by atoms with E-state index in [4.69, 9.17) is 23.7 Å². The lowest BCUT2D eigenvalue weighted by atomic mass is 9.87. The number of fused-ring (bicyclic) bond motifs is 4. The lowest BCUT2D eigenvalue weighted by molar-refractivity contribution is 0.0649. The molecule has 0 bridgehead atoms. The molecule has 30 heavy (non-hydrogen) atoms. The molecular weight excluding hydrogens is 396 g/mol. The summed E-state index contributed by atoms with van der Waals surface area (Å²) in [4.78, 5) is 24.4. The zero-order valence-electron chi connectivity index (χ0n) is 15.6. The predicted octanol–water partition coefficient (Wildman–Crippen LogP) is 3.37. The molecule has 2 aliphatic heterocycles. The Labute approximate surface area is 168 Å². The maximum absolute atomic E-state index is 12.3. The molecule has 3 aromatic rings. The van der Waals surface area contributed by atoms with Crippen LogP contribution in [-0.2, 0) is 0 Å². The van der Waals surface area contributed by atoms with Crippen LogP contribution in [0.1, 0.15) is 20.7 Å². The summed E-state index contributed by atoms with van der Waals surface area (Å²) >= 11 is 0. The lowest BCUT2D eigenvalue weighted by Gasteiger charge is -2.19. The second-order valence-corrected chi connectivity index (χ2v) is 6.56. The number of methoxy groups -OCH3 is 1. The summed E-state index contributed by atoms with van der Waals surface area (Å²) in [5, 5.41) is 20.7. The second-order valence-electron chi connectivity index (χ2n) is 6.56. The van der Waals surface area contributed by atoms with Crippen LogP contribution >= 0.6 is 0 Å². The lowest BCUT2D eigenvalue weighted by Crippen LogP contribution is -2.13. The fraction of sp³-hybridized carbons (Fsp3) is 0.143. The van der Waals surface area contributed by atoms with Gasteiger partial charge in [0.2, 0.25) is 13.6 Å². The van der Waals surface area contributed by atoms with Crippen LogP contribution in [-0.4, -0.2) is 42.8 Å². The van der Waals surface area contributed by atoms with Crippen LogP contribution in [0, 0.1) is 0 Å². The third-order valence-corrected chi connectivity index (χ3v) is 5.05. The molecule has 0 saturated carbocycles. The van der Waals surface area contributed by atoms with E-state index < -0.39 is 23.1 Å².